The van der Waals surface area contributed by atoms with Crippen molar-refractivity contribution in [2.45, 2.75) is 70.3 Å². The molecule has 0 unspecified atom stereocenters. The molecule has 6 rings (SSSR count). The standard InChI is InChI=1S/C29H35NO3/c1-2-24(28(32)33)14-19-4-3-5-20(10-19)18-30-27(31)25-6-8-26(9-7-25)29-15-21-11-22(16-29)13-23(12-21)17-29/h3-10,21-24H,2,11-18H2,1H3,(H,30,31)(H,32,33)/t21?,22?,23?,24-,29?/m0/s1. The molecular formula is C29H35NO3. The summed E-state index contributed by atoms with van der Waals surface area (Å²) >= 11 is 0. The number of carboxylic acid groups (broad SMARTS) is 1. The molecule has 1 atom stereocenters. The summed E-state index contributed by atoms with van der Waals surface area (Å²) in [4.78, 5) is 24.1. The summed E-state index contributed by atoms with van der Waals surface area (Å²) < 4.78 is 0. The van der Waals surface area contributed by atoms with Gasteiger partial charge in [0, 0.05) is 12.1 Å². The zero-order valence-corrected chi connectivity index (χ0v) is 19.6. The van der Waals surface area contributed by atoms with E-state index in [0.717, 1.165) is 28.9 Å². The van der Waals surface area contributed by atoms with E-state index in [-0.39, 0.29) is 11.8 Å². The SMILES string of the molecule is CC[C@@H](Cc1cccc(CNC(=O)c2ccc(C34CC5CC(CC(C5)C3)C4)cc2)c1)C(=O)O. The van der Waals surface area contributed by atoms with Crippen LogP contribution in [0.25, 0.3) is 0 Å². The second kappa shape index (κ2) is 8.96. The highest BCUT2D eigenvalue weighted by Crippen LogP contribution is 2.60. The van der Waals surface area contributed by atoms with Crippen molar-refractivity contribution >= 4 is 11.9 Å². The van der Waals surface area contributed by atoms with E-state index in [2.05, 4.69) is 17.4 Å². The van der Waals surface area contributed by atoms with Gasteiger partial charge in [-0.3, -0.25) is 9.59 Å². The molecule has 4 aliphatic carbocycles. The molecule has 0 saturated heterocycles. The third-order valence-corrected chi connectivity index (χ3v) is 8.57. The monoisotopic (exact) mass is 445 g/mol. The number of amides is 1. The van der Waals surface area contributed by atoms with E-state index in [1.807, 2.05) is 43.3 Å². The van der Waals surface area contributed by atoms with Gasteiger partial charge in [-0.2, -0.15) is 0 Å². The average molecular weight is 446 g/mol. The topological polar surface area (TPSA) is 66.4 Å². The summed E-state index contributed by atoms with van der Waals surface area (Å²) in [6.07, 6.45) is 9.45. The minimum Gasteiger partial charge on any atom is -0.481 e. The summed E-state index contributed by atoms with van der Waals surface area (Å²) in [5.74, 6) is 1.55. The molecule has 0 radical (unpaired) electrons. The van der Waals surface area contributed by atoms with Crippen molar-refractivity contribution in [3.63, 3.8) is 0 Å². The van der Waals surface area contributed by atoms with Gasteiger partial charge in [0.25, 0.3) is 5.91 Å². The van der Waals surface area contributed by atoms with Crippen LogP contribution >= 0.6 is 0 Å². The van der Waals surface area contributed by atoms with Crippen molar-refractivity contribution in [2.75, 3.05) is 0 Å². The zero-order chi connectivity index (χ0) is 23.0. The summed E-state index contributed by atoms with van der Waals surface area (Å²) in [6.45, 7) is 2.34. The fraction of sp³-hybridized carbons (Fsp3) is 0.517. The van der Waals surface area contributed by atoms with Gasteiger partial charge in [0.05, 0.1) is 5.92 Å². The Morgan fingerprint density at radius 3 is 2.15 bits per heavy atom. The van der Waals surface area contributed by atoms with Gasteiger partial charge in [0.15, 0.2) is 0 Å². The third-order valence-electron chi connectivity index (χ3n) is 8.57. The van der Waals surface area contributed by atoms with E-state index in [9.17, 15) is 14.7 Å². The molecule has 2 N–H and O–H groups in total. The lowest BCUT2D eigenvalue weighted by atomic mass is 9.48. The molecule has 0 aliphatic heterocycles. The Kier molecular flexibility index (Phi) is 6.03. The summed E-state index contributed by atoms with van der Waals surface area (Å²) in [6, 6.07) is 16.3. The van der Waals surface area contributed by atoms with E-state index in [0.29, 0.717) is 30.4 Å². The number of carbonyl (C=O) groups is 2. The van der Waals surface area contributed by atoms with Gasteiger partial charge in [-0.1, -0.05) is 43.3 Å². The average Bonchev–Trinajstić information content (AvgIpc) is 2.80. The Labute approximate surface area is 196 Å². The molecule has 174 valence electrons. The molecule has 4 heteroatoms. The van der Waals surface area contributed by atoms with Crippen molar-refractivity contribution in [2.24, 2.45) is 23.7 Å². The number of nitrogens with one attached hydrogen (secondary N) is 1. The highest BCUT2D eigenvalue weighted by Gasteiger charge is 2.51. The minimum atomic E-state index is -0.756. The predicted molar refractivity (Wildman–Crippen MR) is 129 cm³/mol. The van der Waals surface area contributed by atoms with Crippen LogP contribution in [0.15, 0.2) is 48.5 Å². The molecular weight excluding hydrogens is 410 g/mol. The lowest BCUT2D eigenvalue weighted by molar-refractivity contribution is -0.141. The number of hydrogen-bond donors (Lipinski definition) is 2. The van der Waals surface area contributed by atoms with Crippen LogP contribution in [0.3, 0.4) is 0 Å². The number of aliphatic carboxylic acids is 1. The smallest absolute Gasteiger partial charge is 0.306 e. The van der Waals surface area contributed by atoms with E-state index in [1.165, 1.54) is 44.1 Å². The first-order chi connectivity index (χ1) is 15.9. The van der Waals surface area contributed by atoms with Gasteiger partial charge in [0.2, 0.25) is 0 Å². The first-order valence-corrected chi connectivity index (χ1v) is 12.6. The van der Waals surface area contributed by atoms with Crippen LogP contribution in [0, 0.1) is 23.7 Å². The van der Waals surface area contributed by atoms with Gasteiger partial charge in [-0.25, -0.2) is 0 Å². The molecule has 4 aliphatic rings. The van der Waals surface area contributed by atoms with Crippen molar-refractivity contribution in [1.29, 1.82) is 0 Å². The van der Waals surface area contributed by atoms with E-state index < -0.39 is 5.97 Å². The number of benzene rings is 2. The maximum atomic E-state index is 12.8. The van der Waals surface area contributed by atoms with Crippen LogP contribution in [0.2, 0.25) is 0 Å². The predicted octanol–water partition coefficient (Wildman–Crippen LogP) is 5.74. The van der Waals surface area contributed by atoms with Gasteiger partial charge in [0.1, 0.15) is 0 Å². The van der Waals surface area contributed by atoms with Crippen molar-refractivity contribution in [3.05, 3.63) is 70.8 Å². The van der Waals surface area contributed by atoms with Crippen LogP contribution in [-0.2, 0) is 23.2 Å². The number of hydrogen-bond acceptors (Lipinski definition) is 2. The Hall–Kier alpha value is -2.62. The van der Waals surface area contributed by atoms with Gasteiger partial charge in [-0.05, 0) is 103 Å². The van der Waals surface area contributed by atoms with Crippen molar-refractivity contribution < 1.29 is 14.7 Å². The molecule has 1 amide bonds. The number of rotatable bonds is 8. The van der Waals surface area contributed by atoms with Crippen LogP contribution in [0.5, 0.6) is 0 Å². The summed E-state index contributed by atoms with van der Waals surface area (Å²) in [7, 11) is 0. The van der Waals surface area contributed by atoms with Gasteiger partial charge >= 0.3 is 5.97 Å². The van der Waals surface area contributed by atoms with E-state index in [4.69, 9.17) is 0 Å². The van der Waals surface area contributed by atoms with Gasteiger partial charge < -0.3 is 10.4 Å². The molecule has 0 aromatic heterocycles. The Morgan fingerprint density at radius 1 is 0.970 bits per heavy atom. The second-order valence-electron chi connectivity index (χ2n) is 10.9. The fourth-order valence-electron chi connectivity index (χ4n) is 7.28. The molecule has 2 aromatic carbocycles. The molecule has 0 spiro atoms. The molecule has 4 bridgehead atoms. The first kappa shape index (κ1) is 22.2. The maximum Gasteiger partial charge on any atom is 0.306 e. The van der Waals surface area contributed by atoms with Crippen molar-refractivity contribution in [3.8, 4) is 0 Å². The first-order valence-electron chi connectivity index (χ1n) is 12.6. The molecule has 0 heterocycles. The molecule has 2 aromatic rings. The highest BCUT2D eigenvalue weighted by atomic mass is 16.4. The van der Waals surface area contributed by atoms with Crippen LogP contribution in [0.4, 0.5) is 0 Å². The lowest BCUT2D eigenvalue weighted by Gasteiger charge is -2.57. The summed E-state index contributed by atoms with van der Waals surface area (Å²) in [5.41, 5.74) is 4.49. The minimum absolute atomic E-state index is 0.0607. The normalized spacial score (nSPS) is 28.5. The zero-order valence-electron chi connectivity index (χ0n) is 19.6. The maximum absolute atomic E-state index is 12.8. The van der Waals surface area contributed by atoms with Crippen molar-refractivity contribution in [1.82, 2.24) is 5.32 Å². The molecule has 4 saturated carbocycles. The van der Waals surface area contributed by atoms with Gasteiger partial charge in [-0.15, -0.1) is 0 Å². The van der Waals surface area contributed by atoms with Crippen LogP contribution < -0.4 is 5.32 Å². The summed E-state index contributed by atoms with van der Waals surface area (Å²) in [5, 5.41) is 12.3. The fourth-order valence-corrected chi connectivity index (χ4v) is 7.28. The third kappa shape index (κ3) is 4.58. The van der Waals surface area contributed by atoms with Crippen LogP contribution in [0.1, 0.15) is 78.9 Å². The lowest BCUT2D eigenvalue weighted by Crippen LogP contribution is -2.48. The van der Waals surface area contributed by atoms with E-state index in [1.54, 1.807) is 0 Å². The van der Waals surface area contributed by atoms with Crippen LogP contribution in [-0.4, -0.2) is 17.0 Å². The molecule has 4 nitrogen and oxygen atoms in total. The Morgan fingerprint density at radius 2 is 1.58 bits per heavy atom. The quantitative estimate of drug-likeness (QED) is 0.545. The Balaban J connectivity index is 1.21. The molecule has 4 fully saturated rings. The largest absolute Gasteiger partial charge is 0.481 e. The molecule has 33 heavy (non-hydrogen) atoms. The number of carboxylic acids is 1. The highest BCUT2D eigenvalue weighted by molar-refractivity contribution is 5.94. The number of carbonyl (C=O) groups excluding carboxylic acids is 1. The van der Waals surface area contributed by atoms with E-state index >= 15 is 0 Å². The Bertz CT molecular complexity index is 990. The second-order valence-corrected chi connectivity index (χ2v) is 10.9.